The number of likely N-dealkylation sites (tertiary alicyclic amines) is 1. The largest absolute Gasteiger partial charge is 0.465 e. The zero-order chi connectivity index (χ0) is 15.5. The molecule has 2 aliphatic rings. The molecule has 0 aromatic carbocycles. The molecule has 1 aromatic rings. The van der Waals surface area contributed by atoms with E-state index < -0.39 is 0 Å². The fourth-order valence-electron chi connectivity index (χ4n) is 3.25. The summed E-state index contributed by atoms with van der Waals surface area (Å²) in [6.07, 6.45) is 7.42. The number of anilines is 1. The van der Waals surface area contributed by atoms with Crippen LogP contribution < -0.4 is 5.32 Å². The number of rotatable bonds is 2. The number of fused-ring (bicyclic) bond motifs is 1. The summed E-state index contributed by atoms with van der Waals surface area (Å²) in [6.45, 7) is 1.59. The van der Waals surface area contributed by atoms with E-state index in [-0.39, 0.29) is 12.0 Å². The maximum absolute atomic E-state index is 12.4. The average molecular weight is 322 g/mol. The zero-order valence-corrected chi connectivity index (χ0v) is 13.8. The first-order valence-electron chi connectivity index (χ1n) is 7.99. The second-order valence-electron chi connectivity index (χ2n) is 5.88. The molecule has 0 unspecified atom stereocenters. The number of nitrogens with one attached hydrogen (secondary N) is 1. The Balaban J connectivity index is 1.84. The number of methoxy groups -OCH3 is 1. The van der Waals surface area contributed by atoms with Crippen LogP contribution in [0.25, 0.3) is 0 Å². The number of piperidine rings is 1. The standard InChI is InChI=1S/C16H22N2O3S/c1-21-15(19)13-11-7-3-4-8-12(11)22-14(13)17-16(20)18-9-5-2-6-10-18/h2-10H2,1H3,(H,17,20). The van der Waals surface area contributed by atoms with Gasteiger partial charge in [-0.05, 0) is 50.5 Å². The quantitative estimate of drug-likeness (QED) is 0.849. The van der Waals surface area contributed by atoms with Crippen LogP contribution in [0.4, 0.5) is 9.80 Å². The molecule has 0 saturated carbocycles. The third-order valence-electron chi connectivity index (χ3n) is 4.42. The molecule has 1 aliphatic carbocycles. The summed E-state index contributed by atoms with van der Waals surface area (Å²) in [4.78, 5) is 27.6. The van der Waals surface area contributed by atoms with Gasteiger partial charge in [0, 0.05) is 18.0 Å². The van der Waals surface area contributed by atoms with Gasteiger partial charge in [-0.1, -0.05) is 0 Å². The fraction of sp³-hybridized carbons (Fsp3) is 0.625. The Labute approximate surface area is 134 Å². The monoisotopic (exact) mass is 322 g/mol. The predicted molar refractivity (Wildman–Crippen MR) is 86.7 cm³/mol. The smallest absolute Gasteiger partial charge is 0.341 e. The van der Waals surface area contributed by atoms with Crippen molar-refractivity contribution in [3.05, 3.63) is 16.0 Å². The lowest BCUT2D eigenvalue weighted by atomic mass is 9.95. The molecule has 22 heavy (non-hydrogen) atoms. The number of esters is 1. The molecule has 1 fully saturated rings. The third kappa shape index (κ3) is 2.97. The second kappa shape index (κ2) is 6.69. The molecule has 1 aromatic heterocycles. The van der Waals surface area contributed by atoms with Crippen molar-refractivity contribution < 1.29 is 14.3 Å². The fourth-order valence-corrected chi connectivity index (χ4v) is 4.51. The van der Waals surface area contributed by atoms with Crippen molar-refractivity contribution in [2.45, 2.75) is 44.9 Å². The lowest BCUT2D eigenvalue weighted by Crippen LogP contribution is -2.38. The first-order valence-corrected chi connectivity index (χ1v) is 8.81. The molecule has 1 N–H and O–H groups in total. The first-order chi connectivity index (χ1) is 10.7. The van der Waals surface area contributed by atoms with Crippen molar-refractivity contribution in [3.63, 3.8) is 0 Å². The van der Waals surface area contributed by atoms with E-state index in [0.29, 0.717) is 10.6 Å². The number of carbonyl (C=O) groups is 2. The van der Waals surface area contributed by atoms with E-state index in [1.165, 1.54) is 29.7 Å². The summed E-state index contributed by atoms with van der Waals surface area (Å²) in [7, 11) is 1.39. The molecule has 0 radical (unpaired) electrons. The van der Waals surface area contributed by atoms with Crippen molar-refractivity contribution in [2.75, 3.05) is 25.5 Å². The minimum Gasteiger partial charge on any atom is -0.465 e. The maximum atomic E-state index is 12.4. The van der Waals surface area contributed by atoms with Crippen LogP contribution in [0.15, 0.2) is 0 Å². The van der Waals surface area contributed by atoms with Crippen LogP contribution in [0, 0.1) is 0 Å². The molecule has 6 heteroatoms. The number of hydrogen-bond acceptors (Lipinski definition) is 4. The van der Waals surface area contributed by atoms with Gasteiger partial charge in [-0.3, -0.25) is 5.32 Å². The van der Waals surface area contributed by atoms with Gasteiger partial charge in [-0.25, -0.2) is 9.59 Å². The highest BCUT2D eigenvalue weighted by atomic mass is 32.1. The number of aryl methyl sites for hydroxylation is 1. The number of thiophene rings is 1. The summed E-state index contributed by atoms with van der Waals surface area (Å²) in [5, 5.41) is 3.62. The number of urea groups is 1. The summed E-state index contributed by atoms with van der Waals surface area (Å²) in [5.41, 5.74) is 1.66. The number of nitrogens with zero attached hydrogens (tertiary/aromatic N) is 1. The Kier molecular flexibility index (Phi) is 4.66. The van der Waals surface area contributed by atoms with E-state index in [4.69, 9.17) is 4.74 Å². The van der Waals surface area contributed by atoms with E-state index in [9.17, 15) is 9.59 Å². The van der Waals surface area contributed by atoms with Crippen molar-refractivity contribution in [1.82, 2.24) is 4.90 Å². The molecule has 3 rings (SSSR count). The molecule has 5 nitrogen and oxygen atoms in total. The van der Waals surface area contributed by atoms with E-state index in [1.807, 2.05) is 4.90 Å². The minimum atomic E-state index is -0.339. The summed E-state index contributed by atoms with van der Waals surface area (Å²) < 4.78 is 4.93. The van der Waals surface area contributed by atoms with Crippen LogP contribution in [0.3, 0.4) is 0 Å². The van der Waals surface area contributed by atoms with E-state index in [2.05, 4.69) is 5.32 Å². The molecule has 120 valence electrons. The molecular weight excluding hydrogens is 300 g/mol. The summed E-state index contributed by atoms with van der Waals surface area (Å²) in [5.74, 6) is -0.339. The molecular formula is C16H22N2O3S. The Morgan fingerprint density at radius 2 is 1.82 bits per heavy atom. The molecule has 0 spiro atoms. The molecule has 1 aliphatic heterocycles. The minimum absolute atomic E-state index is 0.0940. The zero-order valence-electron chi connectivity index (χ0n) is 12.9. The molecule has 0 bridgehead atoms. The van der Waals surface area contributed by atoms with Crippen LogP contribution in [-0.4, -0.2) is 37.1 Å². The topological polar surface area (TPSA) is 58.6 Å². The van der Waals surface area contributed by atoms with Crippen molar-refractivity contribution in [1.29, 1.82) is 0 Å². The molecule has 1 saturated heterocycles. The van der Waals surface area contributed by atoms with Crippen molar-refractivity contribution in [3.8, 4) is 0 Å². The number of hydrogen-bond donors (Lipinski definition) is 1. The third-order valence-corrected chi connectivity index (χ3v) is 5.63. The van der Waals surface area contributed by atoms with Gasteiger partial charge in [0.1, 0.15) is 5.00 Å². The highest BCUT2D eigenvalue weighted by molar-refractivity contribution is 7.17. The number of carbonyl (C=O) groups excluding carboxylic acids is 2. The average Bonchev–Trinajstić information content (AvgIpc) is 2.92. The Hall–Kier alpha value is -1.56. The second-order valence-corrected chi connectivity index (χ2v) is 6.99. The van der Waals surface area contributed by atoms with Gasteiger partial charge >= 0.3 is 12.0 Å². The lowest BCUT2D eigenvalue weighted by Gasteiger charge is -2.26. The van der Waals surface area contributed by atoms with Gasteiger partial charge < -0.3 is 9.64 Å². The van der Waals surface area contributed by atoms with Gasteiger partial charge in [0.05, 0.1) is 12.7 Å². The Bertz CT molecular complexity index is 576. The highest BCUT2D eigenvalue weighted by Crippen LogP contribution is 2.38. The Morgan fingerprint density at radius 1 is 1.09 bits per heavy atom. The van der Waals surface area contributed by atoms with Crippen molar-refractivity contribution in [2.24, 2.45) is 0 Å². The summed E-state index contributed by atoms with van der Waals surface area (Å²) >= 11 is 1.54. The van der Waals surface area contributed by atoms with Crippen LogP contribution in [-0.2, 0) is 17.6 Å². The van der Waals surface area contributed by atoms with Crippen LogP contribution in [0.1, 0.15) is 52.9 Å². The summed E-state index contributed by atoms with van der Waals surface area (Å²) in [6, 6.07) is -0.0940. The van der Waals surface area contributed by atoms with Crippen LogP contribution in [0.2, 0.25) is 0 Å². The van der Waals surface area contributed by atoms with Gasteiger partial charge in [-0.2, -0.15) is 0 Å². The van der Waals surface area contributed by atoms with E-state index >= 15 is 0 Å². The normalized spacial score (nSPS) is 17.8. The van der Waals surface area contributed by atoms with E-state index in [0.717, 1.165) is 57.2 Å². The first kappa shape index (κ1) is 15.3. The van der Waals surface area contributed by atoms with Gasteiger partial charge in [0.15, 0.2) is 0 Å². The maximum Gasteiger partial charge on any atom is 0.341 e. The Morgan fingerprint density at radius 3 is 2.55 bits per heavy atom. The van der Waals surface area contributed by atoms with Gasteiger partial charge in [0.2, 0.25) is 0 Å². The highest BCUT2D eigenvalue weighted by Gasteiger charge is 2.28. The van der Waals surface area contributed by atoms with Crippen LogP contribution >= 0.6 is 11.3 Å². The lowest BCUT2D eigenvalue weighted by molar-refractivity contribution is 0.0601. The molecule has 2 heterocycles. The van der Waals surface area contributed by atoms with Crippen LogP contribution in [0.5, 0.6) is 0 Å². The molecule has 0 atom stereocenters. The molecule has 2 amide bonds. The SMILES string of the molecule is COC(=O)c1c(NC(=O)N2CCCCC2)sc2c1CCCC2. The predicted octanol–water partition coefficient (Wildman–Crippen LogP) is 3.43. The van der Waals surface area contributed by atoms with Crippen molar-refractivity contribution >= 4 is 28.3 Å². The van der Waals surface area contributed by atoms with E-state index in [1.54, 1.807) is 0 Å². The van der Waals surface area contributed by atoms with Gasteiger partial charge in [-0.15, -0.1) is 11.3 Å². The number of amides is 2. The number of ether oxygens (including phenoxy) is 1. The van der Waals surface area contributed by atoms with Gasteiger partial charge in [0.25, 0.3) is 0 Å².